The van der Waals surface area contributed by atoms with Gasteiger partial charge in [0.25, 0.3) is 17.7 Å². The Kier molecular flexibility index (Phi) is 3.13. The van der Waals surface area contributed by atoms with E-state index in [1.54, 1.807) is 0 Å². The SMILES string of the molecule is O=C(NN1C(=O)[C@@H]2[C@H]3C=C[C@H]([C@@H]4C[C@H]34)[C@@H]2C1=O)c1ccc(Cl)cc1Cl. The molecule has 2 saturated carbocycles. The van der Waals surface area contributed by atoms with Gasteiger partial charge in [0.05, 0.1) is 22.4 Å². The van der Waals surface area contributed by atoms with Gasteiger partial charge in [-0.15, -0.1) is 0 Å². The molecular weight excluding hydrogens is 363 g/mol. The van der Waals surface area contributed by atoms with Gasteiger partial charge in [0.1, 0.15) is 0 Å². The first kappa shape index (κ1) is 15.4. The molecule has 1 aliphatic heterocycles. The van der Waals surface area contributed by atoms with Crippen LogP contribution in [0.25, 0.3) is 0 Å². The lowest BCUT2D eigenvalue weighted by Crippen LogP contribution is -2.47. The van der Waals surface area contributed by atoms with Crippen LogP contribution in [0.3, 0.4) is 0 Å². The minimum absolute atomic E-state index is 0.123. The summed E-state index contributed by atoms with van der Waals surface area (Å²) in [5, 5.41) is 1.48. The van der Waals surface area contributed by atoms with E-state index >= 15 is 0 Å². The third-order valence-electron chi connectivity index (χ3n) is 6.05. The fourth-order valence-electron chi connectivity index (χ4n) is 4.90. The number of benzene rings is 1. The van der Waals surface area contributed by atoms with E-state index in [1.165, 1.54) is 18.2 Å². The zero-order valence-corrected chi connectivity index (χ0v) is 14.5. The zero-order valence-electron chi connectivity index (χ0n) is 13.0. The molecule has 1 aromatic rings. The average Bonchev–Trinajstić information content (AvgIpc) is 3.36. The van der Waals surface area contributed by atoms with Crippen molar-refractivity contribution < 1.29 is 14.4 Å². The maximum atomic E-state index is 12.8. The number of amides is 3. The normalized spacial score (nSPS) is 37.1. The van der Waals surface area contributed by atoms with Gasteiger partial charge in [-0.25, -0.2) is 0 Å². The number of rotatable bonds is 2. The molecule has 1 aromatic carbocycles. The van der Waals surface area contributed by atoms with Gasteiger partial charge in [-0.2, -0.15) is 5.01 Å². The number of carbonyl (C=O) groups is 3. The van der Waals surface area contributed by atoms with Gasteiger partial charge in [0.15, 0.2) is 0 Å². The second-order valence-electron chi connectivity index (χ2n) is 7.23. The molecule has 25 heavy (non-hydrogen) atoms. The number of nitrogens with zero attached hydrogens (tertiary/aromatic N) is 1. The van der Waals surface area contributed by atoms with Gasteiger partial charge in [0.2, 0.25) is 0 Å². The van der Waals surface area contributed by atoms with Crippen LogP contribution in [0.2, 0.25) is 10.0 Å². The van der Waals surface area contributed by atoms with Crippen molar-refractivity contribution in [2.75, 3.05) is 0 Å². The first-order valence-corrected chi connectivity index (χ1v) is 9.05. The van der Waals surface area contributed by atoms with Crippen LogP contribution in [0.4, 0.5) is 0 Å². The number of hydrazine groups is 1. The van der Waals surface area contributed by atoms with Gasteiger partial charge in [0, 0.05) is 5.02 Å². The summed E-state index contributed by atoms with van der Waals surface area (Å²) in [6.07, 6.45) is 5.28. The number of hydrogen-bond donors (Lipinski definition) is 1. The molecule has 4 aliphatic carbocycles. The van der Waals surface area contributed by atoms with E-state index in [-0.39, 0.29) is 46.1 Å². The van der Waals surface area contributed by atoms with Crippen molar-refractivity contribution in [1.82, 2.24) is 10.4 Å². The molecule has 0 aromatic heterocycles. The van der Waals surface area contributed by atoms with Crippen molar-refractivity contribution in [2.45, 2.75) is 6.42 Å². The Bertz CT molecular complexity index is 832. The fourth-order valence-corrected chi connectivity index (χ4v) is 5.40. The highest BCUT2D eigenvalue weighted by Gasteiger charge is 2.67. The highest BCUT2D eigenvalue weighted by atomic mass is 35.5. The maximum absolute atomic E-state index is 12.8. The van der Waals surface area contributed by atoms with Crippen LogP contribution in [0, 0.1) is 35.5 Å². The predicted molar refractivity (Wildman–Crippen MR) is 90.5 cm³/mol. The Hall–Kier alpha value is -1.85. The minimum Gasteiger partial charge on any atom is -0.272 e. The quantitative estimate of drug-likeness (QED) is 0.637. The first-order valence-electron chi connectivity index (χ1n) is 8.29. The molecule has 6 atom stereocenters. The first-order chi connectivity index (χ1) is 12.0. The molecule has 1 N–H and O–H groups in total. The second-order valence-corrected chi connectivity index (χ2v) is 8.08. The van der Waals surface area contributed by atoms with E-state index in [2.05, 4.69) is 17.6 Å². The molecule has 3 amide bonds. The molecule has 2 bridgehead atoms. The Morgan fingerprint density at radius 1 is 1.04 bits per heavy atom. The summed E-state index contributed by atoms with van der Waals surface area (Å²) in [6.45, 7) is 0. The molecule has 0 spiro atoms. The van der Waals surface area contributed by atoms with Crippen molar-refractivity contribution in [2.24, 2.45) is 35.5 Å². The van der Waals surface area contributed by atoms with Gasteiger partial charge >= 0.3 is 0 Å². The lowest BCUT2D eigenvalue weighted by atomic mass is 9.63. The standard InChI is InChI=1S/C18H14Cl2N2O3/c19-7-1-2-10(13(20)5-7)16(23)21-22-17(24)14-8-3-4-9(12-6-11(8)12)15(14)18(22)25/h1-5,8-9,11-12,14-15H,6H2,(H,21,23)/t8-,9+,11+,12-,14+,15-. The number of halogens is 2. The summed E-state index contributed by atoms with van der Waals surface area (Å²) in [6, 6.07) is 4.45. The fraction of sp³-hybridized carbons (Fsp3) is 0.389. The summed E-state index contributed by atoms with van der Waals surface area (Å²) in [5.74, 6) is -0.595. The second kappa shape index (κ2) is 5.08. The van der Waals surface area contributed by atoms with Crippen molar-refractivity contribution in [3.8, 4) is 0 Å². The Labute approximate surface area is 153 Å². The molecule has 5 nitrogen and oxygen atoms in total. The van der Waals surface area contributed by atoms with Crippen LogP contribution in [0.15, 0.2) is 30.4 Å². The molecule has 128 valence electrons. The molecule has 1 heterocycles. The average molecular weight is 377 g/mol. The molecule has 7 heteroatoms. The Balaban J connectivity index is 1.42. The zero-order chi connectivity index (χ0) is 17.5. The van der Waals surface area contributed by atoms with Crippen LogP contribution in [-0.4, -0.2) is 22.7 Å². The summed E-state index contributed by atoms with van der Waals surface area (Å²) in [5.41, 5.74) is 2.62. The van der Waals surface area contributed by atoms with Crippen LogP contribution in [0.5, 0.6) is 0 Å². The van der Waals surface area contributed by atoms with Crippen molar-refractivity contribution in [3.05, 3.63) is 46.0 Å². The number of allylic oxidation sites excluding steroid dienone is 2. The Morgan fingerprint density at radius 2 is 1.64 bits per heavy atom. The minimum atomic E-state index is -0.590. The number of nitrogens with one attached hydrogen (secondary N) is 1. The molecule has 6 rings (SSSR count). The summed E-state index contributed by atoms with van der Waals surface area (Å²) < 4.78 is 0. The van der Waals surface area contributed by atoms with E-state index in [0.29, 0.717) is 16.9 Å². The lowest BCUT2D eigenvalue weighted by molar-refractivity contribution is -0.143. The Morgan fingerprint density at radius 3 is 2.20 bits per heavy atom. The molecule has 0 radical (unpaired) electrons. The van der Waals surface area contributed by atoms with E-state index < -0.39 is 5.91 Å². The van der Waals surface area contributed by atoms with Crippen molar-refractivity contribution in [3.63, 3.8) is 0 Å². The highest BCUT2D eigenvalue weighted by Crippen LogP contribution is 2.65. The summed E-state index contributed by atoms with van der Waals surface area (Å²) in [4.78, 5) is 38.1. The molecular formula is C18H14Cl2N2O3. The smallest absolute Gasteiger partial charge is 0.271 e. The van der Waals surface area contributed by atoms with Crippen LogP contribution in [-0.2, 0) is 9.59 Å². The molecule has 0 unspecified atom stereocenters. The van der Waals surface area contributed by atoms with E-state index in [0.717, 1.165) is 11.4 Å². The topological polar surface area (TPSA) is 66.5 Å². The summed E-state index contributed by atoms with van der Waals surface area (Å²) in [7, 11) is 0. The monoisotopic (exact) mass is 376 g/mol. The number of carbonyl (C=O) groups excluding carboxylic acids is 3. The summed E-state index contributed by atoms with van der Waals surface area (Å²) >= 11 is 11.9. The van der Waals surface area contributed by atoms with E-state index in [1.807, 2.05) is 0 Å². The molecule has 3 fully saturated rings. The third-order valence-corrected chi connectivity index (χ3v) is 6.60. The maximum Gasteiger partial charge on any atom is 0.271 e. The van der Waals surface area contributed by atoms with Crippen molar-refractivity contribution >= 4 is 40.9 Å². The van der Waals surface area contributed by atoms with E-state index in [4.69, 9.17) is 23.2 Å². The third kappa shape index (κ3) is 2.06. The predicted octanol–water partition coefficient (Wildman–Crippen LogP) is 2.69. The van der Waals surface area contributed by atoms with E-state index in [9.17, 15) is 14.4 Å². The van der Waals surface area contributed by atoms with Gasteiger partial charge in [-0.3, -0.25) is 19.8 Å². The molecule has 1 saturated heterocycles. The highest BCUT2D eigenvalue weighted by molar-refractivity contribution is 6.36. The van der Waals surface area contributed by atoms with Gasteiger partial charge < -0.3 is 0 Å². The molecule has 5 aliphatic rings. The lowest BCUT2D eigenvalue weighted by Gasteiger charge is -2.37. The number of imide groups is 1. The van der Waals surface area contributed by atoms with Crippen LogP contribution in [0.1, 0.15) is 16.8 Å². The van der Waals surface area contributed by atoms with Crippen LogP contribution >= 0.6 is 23.2 Å². The largest absolute Gasteiger partial charge is 0.272 e. The number of hydrogen-bond acceptors (Lipinski definition) is 3. The van der Waals surface area contributed by atoms with Crippen LogP contribution < -0.4 is 5.43 Å². The van der Waals surface area contributed by atoms with Gasteiger partial charge in [-0.05, 0) is 48.3 Å². The van der Waals surface area contributed by atoms with Gasteiger partial charge in [-0.1, -0.05) is 35.4 Å². The van der Waals surface area contributed by atoms with Crippen molar-refractivity contribution in [1.29, 1.82) is 0 Å².